The number of hydrogen-bond donors (Lipinski definition) is 2. The lowest BCUT2D eigenvalue weighted by Crippen LogP contribution is -2.02. The number of methoxy groups -OCH3 is 1. The number of benzene rings is 3. The molecule has 0 aliphatic carbocycles. The van der Waals surface area contributed by atoms with E-state index < -0.39 is 0 Å². The average molecular weight is 368 g/mol. The molecule has 1 aromatic heterocycles. The molecule has 3 aromatic carbocycles. The van der Waals surface area contributed by atoms with Gasteiger partial charge in [0, 0.05) is 16.6 Å². The van der Waals surface area contributed by atoms with Gasteiger partial charge in [0.15, 0.2) is 0 Å². The maximum atomic E-state index is 12.6. The number of nitrogens with one attached hydrogen (secondary N) is 1. The van der Waals surface area contributed by atoms with Crippen molar-refractivity contribution < 1.29 is 9.53 Å². The zero-order valence-electron chi connectivity index (χ0n) is 15.5. The van der Waals surface area contributed by atoms with Gasteiger partial charge in [0.1, 0.15) is 0 Å². The van der Waals surface area contributed by atoms with Crippen LogP contribution in [0.25, 0.3) is 34.3 Å². The van der Waals surface area contributed by atoms with Gasteiger partial charge in [-0.3, -0.25) is 0 Å². The van der Waals surface area contributed by atoms with Crippen molar-refractivity contribution in [1.82, 2.24) is 4.98 Å². The molecular formula is C24H20N2O2. The van der Waals surface area contributed by atoms with Crippen LogP contribution >= 0.6 is 0 Å². The van der Waals surface area contributed by atoms with Gasteiger partial charge in [0.05, 0.1) is 18.4 Å². The minimum Gasteiger partial charge on any atom is -0.465 e. The molecule has 0 amide bonds. The largest absolute Gasteiger partial charge is 0.465 e. The van der Waals surface area contributed by atoms with E-state index in [1.54, 1.807) is 0 Å². The summed E-state index contributed by atoms with van der Waals surface area (Å²) in [7, 11) is 1.39. The molecule has 0 saturated carbocycles. The lowest BCUT2D eigenvalue weighted by Gasteiger charge is -2.04. The summed E-state index contributed by atoms with van der Waals surface area (Å²) in [6, 6.07) is 23.5. The molecule has 0 fully saturated rings. The van der Waals surface area contributed by atoms with E-state index in [1.807, 2.05) is 84.9 Å². The van der Waals surface area contributed by atoms with Crippen molar-refractivity contribution in [3.05, 3.63) is 89.5 Å². The summed E-state index contributed by atoms with van der Waals surface area (Å²) in [4.78, 5) is 15.9. The van der Waals surface area contributed by atoms with Crippen LogP contribution in [0.5, 0.6) is 0 Å². The van der Waals surface area contributed by atoms with Crippen LogP contribution in [0.3, 0.4) is 0 Å². The summed E-state index contributed by atoms with van der Waals surface area (Å²) in [5.41, 5.74) is 11.8. The lowest BCUT2D eigenvalue weighted by atomic mass is 10.0. The van der Waals surface area contributed by atoms with Crippen LogP contribution < -0.4 is 5.73 Å². The molecule has 138 valence electrons. The molecule has 0 radical (unpaired) electrons. The molecule has 3 N–H and O–H groups in total. The number of carbonyl (C=O) groups excluding carboxylic acids is 1. The molecule has 28 heavy (non-hydrogen) atoms. The maximum absolute atomic E-state index is 12.6. The molecule has 0 aliphatic rings. The first-order valence-corrected chi connectivity index (χ1v) is 8.99. The van der Waals surface area contributed by atoms with Crippen molar-refractivity contribution in [3.63, 3.8) is 0 Å². The summed E-state index contributed by atoms with van der Waals surface area (Å²) in [5, 5.41) is 0.785. The fraction of sp³-hybridized carbons (Fsp3) is 0.0417. The molecule has 1 heterocycles. The fourth-order valence-electron chi connectivity index (χ4n) is 3.31. The molecular weight excluding hydrogens is 348 g/mol. The zero-order valence-corrected chi connectivity index (χ0v) is 15.5. The van der Waals surface area contributed by atoms with E-state index in [-0.39, 0.29) is 5.97 Å². The number of anilines is 1. The number of carbonyl (C=O) groups is 1. The first-order chi connectivity index (χ1) is 13.7. The van der Waals surface area contributed by atoms with Crippen molar-refractivity contribution in [2.24, 2.45) is 0 Å². The standard InChI is InChI=1S/C24H20N2O2/c1-28-24(27)22-19-14-18(13-12-16-8-4-2-5-9-16)20(25)15-21(19)26-23(22)17-10-6-3-7-11-17/h2-15,26H,25H2,1H3. The summed E-state index contributed by atoms with van der Waals surface area (Å²) >= 11 is 0. The van der Waals surface area contributed by atoms with Gasteiger partial charge < -0.3 is 15.5 Å². The van der Waals surface area contributed by atoms with Gasteiger partial charge in [0.25, 0.3) is 0 Å². The Labute approximate surface area is 163 Å². The van der Waals surface area contributed by atoms with E-state index in [2.05, 4.69) is 4.98 Å². The Kier molecular flexibility index (Phi) is 4.68. The van der Waals surface area contributed by atoms with Crippen molar-refractivity contribution >= 4 is 34.7 Å². The molecule has 4 rings (SSSR count). The summed E-state index contributed by atoms with van der Waals surface area (Å²) < 4.78 is 5.06. The highest BCUT2D eigenvalue weighted by Gasteiger charge is 2.21. The minimum atomic E-state index is -0.382. The highest BCUT2D eigenvalue weighted by Crippen LogP contribution is 2.34. The van der Waals surface area contributed by atoms with E-state index in [0.29, 0.717) is 11.3 Å². The molecule has 4 nitrogen and oxygen atoms in total. The van der Waals surface area contributed by atoms with Gasteiger partial charge in [0.2, 0.25) is 0 Å². The number of hydrogen-bond acceptors (Lipinski definition) is 3. The number of rotatable bonds is 4. The number of ether oxygens (including phenoxy) is 1. The highest BCUT2D eigenvalue weighted by molar-refractivity contribution is 6.11. The van der Waals surface area contributed by atoms with Crippen LogP contribution in [0, 0.1) is 0 Å². The lowest BCUT2D eigenvalue weighted by molar-refractivity contribution is 0.0604. The van der Waals surface area contributed by atoms with E-state index in [0.717, 1.165) is 33.3 Å². The molecule has 0 unspecified atom stereocenters. The number of aromatic nitrogens is 1. The van der Waals surface area contributed by atoms with Crippen molar-refractivity contribution in [2.45, 2.75) is 0 Å². The van der Waals surface area contributed by atoms with Crippen LogP contribution in [-0.2, 0) is 4.74 Å². The minimum absolute atomic E-state index is 0.382. The fourth-order valence-corrected chi connectivity index (χ4v) is 3.31. The third-order valence-corrected chi connectivity index (χ3v) is 4.71. The normalized spacial score (nSPS) is 11.2. The Morgan fingerprint density at radius 3 is 2.32 bits per heavy atom. The van der Waals surface area contributed by atoms with Crippen molar-refractivity contribution in [3.8, 4) is 11.3 Å². The van der Waals surface area contributed by atoms with Gasteiger partial charge in [-0.25, -0.2) is 4.79 Å². The number of nitrogen functional groups attached to an aromatic ring is 1. The Balaban J connectivity index is 1.88. The van der Waals surface area contributed by atoms with Crippen LogP contribution in [0.1, 0.15) is 21.5 Å². The van der Waals surface area contributed by atoms with Gasteiger partial charge in [-0.15, -0.1) is 0 Å². The SMILES string of the molecule is COC(=O)c1c(-c2ccccc2)[nH]c2cc(N)c(C=Cc3ccccc3)cc12. The highest BCUT2D eigenvalue weighted by atomic mass is 16.5. The third kappa shape index (κ3) is 3.28. The van der Waals surface area contributed by atoms with Crippen LogP contribution in [0.4, 0.5) is 5.69 Å². The molecule has 4 aromatic rings. The molecule has 0 bridgehead atoms. The van der Waals surface area contributed by atoms with E-state index in [4.69, 9.17) is 10.5 Å². The number of fused-ring (bicyclic) bond motifs is 1. The van der Waals surface area contributed by atoms with Crippen LogP contribution in [0.2, 0.25) is 0 Å². The zero-order chi connectivity index (χ0) is 19.5. The second-order valence-corrected chi connectivity index (χ2v) is 6.50. The van der Waals surface area contributed by atoms with Gasteiger partial charge in [-0.05, 0) is 28.8 Å². The van der Waals surface area contributed by atoms with Gasteiger partial charge in [-0.1, -0.05) is 72.8 Å². The maximum Gasteiger partial charge on any atom is 0.340 e. The monoisotopic (exact) mass is 368 g/mol. The predicted molar refractivity (Wildman–Crippen MR) is 115 cm³/mol. The smallest absolute Gasteiger partial charge is 0.340 e. The van der Waals surface area contributed by atoms with Crippen LogP contribution in [0.15, 0.2) is 72.8 Å². The second kappa shape index (κ2) is 7.45. The van der Waals surface area contributed by atoms with Gasteiger partial charge in [-0.2, -0.15) is 0 Å². The Hall–Kier alpha value is -3.79. The summed E-state index contributed by atoms with van der Waals surface area (Å²) in [6.45, 7) is 0. The van der Waals surface area contributed by atoms with E-state index in [1.165, 1.54) is 7.11 Å². The molecule has 0 aliphatic heterocycles. The molecule has 4 heteroatoms. The topological polar surface area (TPSA) is 68.1 Å². The van der Waals surface area contributed by atoms with E-state index >= 15 is 0 Å². The first kappa shape index (κ1) is 17.6. The Morgan fingerprint density at radius 1 is 0.964 bits per heavy atom. The van der Waals surface area contributed by atoms with Crippen LogP contribution in [-0.4, -0.2) is 18.1 Å². The van der Waals surface area contributed by atoms with Gasteiger partial charge >= 0.3 is 5.97 Å². The number of H-pyrrole nitrogens is 1. The number of esters is 1. The second-order valence-electron chi connectivity index (χ2n) is 6.50. The summed E-state index contributed by atoms with van der Waals surface area (Å²) in [6.07, 6.45) is 3.96. The Bertz CT molecular complexity index is 1160. The predicted octanol–water partition coefficient (Wildman–Crippen LogP) is 5.37. The molecule has 0 atom stereocenters. The first-order valence-electron chi connectivity index (χ1n) is 8.99. The average Bonchev–Trinajstić information content (AvgIpc) is 3.11. The third-order valence-electron chi connectivity index (χ3n) is 4.71. The molecule has 0 saturated heterocycles. The molecule has 0 spiro atoms. The van der Waals surface area contributed by atoms with Crippen molar-refractivity contribution in [1.29, 1.82) is 0 Å². The number of nitrogens with two attached hydrogens (primary N) is 1. The van der Waals surface area contributed by atoms with E-state index in [9.17, 15) is 4.79 Å². The summed E-state index contributed by atoms with van der Waals surface area (Å²) in [5.74, 6) is -0.382. The quantitative estimate of drug-likeness (QED) is 0.289. The van der Waals surface area contributed by atoms with Crippen molar-refractivity contribution in [2.75, 3.05) is 12.8 Å². The Morgan fingerprint density at radius 2 is 1.64 bits per heavy atom. The number of aromatic amines is 1.